The second kappa shape index (κ2) is 5.98. The van der Waals surface area contributed by atoms with Gasteiger partial charge in [0.25, 0.3) is 0 Å². The van der Waals surface area contributed by atoms with Crippen molar-refractivity contribution in [2.75, 3.05) is 19.6 Å². The van der Waals surface area contributed by atoms with Crippen molar-refractivity contribution in [1.82, 2.24) is 4.90 Å². The lowest BCUT2D eigenvalue weighted by molar-refractivity contribution is -0.143. The van der Waals surface area contributed by atoms with Gasteiger partial charge in [-0.3, -0.25) is 9.69 Å². The van der Waals surface area contributed by atoms with Crippen molar-refractivity contribution in [3.63, 3.8) is 0 Å². The van der Waals surface area contributed by atoms with Crippen molar-refractivity contribution in [1.29, 1.82) is 0 Å². The molecule has 4 heteroatoms. The van der Waals surface area contributed by atoms with Gasteiger partial charge in [0.05, 0.1) is 5.92 Å². The van der Waals surface area contributed by atoms with Gasteiger partial charge in [0.1, 0.15) is 0 Å². The molecule has 2 unspecified atom stereocenters. The Labute approximate surface area is 107 Å². The fourth-order valence-corrected chi connectivity index (χ4v) is 2.67. The first-order valence-electron chi connectivity index (χ1n) is 6.40. The van der Waals surface area contributed by atoms with Gasteiger partial charge in [0.15, 0.2) is 0 Å². The Morgan fingerprint density at radius 1 is 1.44 bits per heavy atom. The molecule has 0 bridgehead atoms. The molecule has 1 heterocycles. The molecule has 18 heavy (non-hydrogen) atoms. The van der Waals surface area contributed by atoms with Crippen molar-refractivity contribution >= 4 is 5.97 Å². The number of nitrogens with two attached hydrogens (primary N) is 1. The van der Waals surface area contributed by atoms with E-state index in [1.807, 2.05) is 18.2 Å². The average Bonchev–Trinajstić information content (AvgIpc) is 2.79. The summed E-state index contributed by atoms with van der Waals surface area (Å²) in [5.74, 6) is -0.967. The number of benzene rings is 1. The topological polar surface area (TPSA) is 66.6 Å². The van der Waals surface area contributed by atoms with Gasteiger partial charge in [0.2, 0.25) is 0 Å². The monoisotopic (exact) mass is 248 g/mol. The molecule has 98 valence electrons. The molecule has 0 radical (unpaired) electrons. The van der Waals surface area contributed by atoms with Crippen molar-refractivity contribution in [3.05, 3.63) is 35.9 Å². The van der Waals surface area contributed by atoms with Gasteiger partial charge in [-0.15, -0.1) is 0 Å². The van der Waals surface area contributed by atoms with E-state index in [9.17, 15) is 4.79 Å². The fourth-order valence-electron chi connectivity index (χ4n) is 2.67. The number of hydrogen-bond acceptors (Lipinski definition) is 3. The van der Waals surface area contributed by atoms with Crippen LogP contribution in [0.15, 0.2) is 30.3 Å². The summed E-state index contributed by atoms with van der Waals surface area (Å²) in [6.45, 7) is 2.93. The van der Waals surface area contributed by atoms with Crippen LogP contribution < -0.4 is 5.73 Å². The molecular weight excluding hydrogens is 228 g/mol. The van der Waals surface area contributed by atoms with Gasteiger partial charge in [-0.25, -0.2) is 0 Å². The third kappa shape index (κ3) is 3.09. The highest BCUT2D eigenvalue weighted by Crippen LogP contribution is 2.25. The summed E-state index contributed by atoms with van der Waals surface area (Å²) >= 11 is 0. The Morgan fingerprint density at radius 3 is 2.78 bits per heavy atom. The lowest BCUT2D eigenvalue weighted by Gasteiger charge is -2.19. The van der Waals surface area contributed by atoms with Gasteiger partial charge in [-0.1, -0.05) is 30.3 Å². The Balaban J connectivity index is 1.90. The lowest BCUT2D eigenvalue weighted by atomic mass is 9.92. The van der Waals surface area contributed by atoms with Gasteiger partial charge < -0.3 is 10.8 Å². The van der Waals surface area contributed by atoms with Crippen LogP contribution in [0, 0.1) is 11.8 Å². The molecule has 1 aromatic carbocycles. The third-order valence-corrected chi connectivity index (χ3v) is 3.70. The fraction of sp³-hybridized carbons (Fsp3) is 0.500. The number of carboxylic acid groups (broad SMARTS) is 1. The van der Waals surface area contributed by atoms with Gasteiger partial charge in [-0.05, 0) is 24.4 Å². The summed E-state index contributed by atoms with van der Waals surface area (Å²) < 4.78 is 0. The number of nitrogens with zero attached hydrogens (tertiary/aromatic N) is 1. The van der Waals surface area contributed by atoms with Crippen molar-refractivity contribution in [2.24, 2.45) is 17.6 Å². The maximum absolute atomic E-state index is 11.1. The molecule has 2 rings (SSSR count). The van der Waals surface area contributed by atoms with E-state index >= 15 is 0 Å². The molecule has 0 aromatic heterocycles. The molecule has 1 fully saturated rings. The van der Waals surface area contributed by atoms with E-state index < -0.39 is 11.9 Å². The van der Waals surface area contributed by atoms with Crippen molar-refractivity contribution < 1.29 is 9.90 Å². The molecule has 0 amide bonds. The molecule has 2 atom stereocenters. The van der Waals surface area contributed by atoms with Crippen LogP contribution in [-0.2, 0) is 11.3 Å². The normalized spacial score (nSPS) is 21.9. The molecule has 0 spiro atoms. The van der Waals surface area contributed by atoms with E-state index in [1.54, 1.807) is 0 Å². The lowest BCUT2D eigenvalue weighted by Crippen LogP contribution is -2.32. The number of aliphatic carboxylic acids is 1. The Bertz CT molecular complexity index is 394. The standard InChI is InChI=1S/C14H20N2O2/c15-8-13(14(17)18)12-6-7-16(10-12)9-11-4-2-1-3-5-11/h1-5,12-13H,6-10,15H2,(H,17,18). The summed E-state index contributed by atoms with van der Waals surface area (Å²) in [6.07, 6.45) is 0.932. The molecule has 0 saturated carbocycles. The summed E-state index contributed by atoms with van der Waals surface area (Å²) in [5, 5.41) is 9.11. The highest BCUT2D eigenvalue weighted by atomic mass is 16.4. The minimum Gasteiger partial charge on any atom is -0.481 e. The average molecular weight is 248 g/mol. The van der Waals surface area contributed by atoms with E-state index in [0.29, 0.717) is 0 Å². The Kier molecular flexibility index (Phi) is 4.33. The first-order chi connectivity index (χ1) is 8.70. The van der Waals surface area contributed by atoms with Crippen LogP contribution in [0.5, 0.6) is 0 Å². The zero-order valence-electron chi connectivity index (χ0n) is 10.5. The number of carboxylic acids is 1. The van der Waals surface area contributed by atoms with Crippen LogP contribution in [0.2, 0.25) is 0 Å². The van der Waals surface area contributed by atoms with E-state index in [-0.39, 0.29) is 12.5 Å². The Hall–Kier alpha value is -1.39. The predicted octanol–water partition coefficient (Wildman–Crippen LogP) is 1.17. The van der Waals surface area contributed by atoms with Crippen molar-refractivity contribution in [3.8, 4) is 0 Å². The summed E-state index contributed by atoms with van der Waals surface area (Å²) in [5.41, 5.74) is 6.83. The summed E-state index contributed by atoms with van der Waals surface area (Å²) in [6, 6.07) is 10.3. The number of likely N-dealkylation sites (tertiary alicyclic amines) is 1. The second-order valence-electron chi connectivity index (χ2n) is 4.95. The van der Waals surface area contributed by atoms with E-state index in [1.165, 1.54) is 5.56 Å². The molecule has 3 N–H and O–H groups in total. The zero-order valence-corrected chi connectivity index (χ0v) is 10.5. The van der Waals surface area contributed by atoms with E-state index in [2.05, 4.69) is 17.0 Å². The summed E-state index contributed by atoms with van der Waals surface area (Å²) in [7, 11) is 0. The molecule has 1 aliphatic heterocycles. The van der Waals surface area contributed by atoms with E-state index in [0.717, 1.165) is 26.1 Å². The molecular formula is C14H20N2O2. The second-order valence-corrected chi connectivity index (χ2v) is 4.95. The molecule has 1 aromatic rings. The predicted molar refractivity (Wildman–Crippen MR) is 70.0 cm³/mol. The maximum Gasteiger partial charge on any atom is 0.308 e. The Morgan fingerprint density at radius 2 is 2.17 bits per heavy atom. The van der Waals surface area contributed by atoms with Crippen LogP contribution >= 0.6 is 0 Å². The minimum atomic E-state index is -0.760. The van der Waals surface area contributed by atoms with Crippen LogP contribution in [0.3, 0.4) is 0 Å². The number of hydrogen-bond donors (Lipinski definition) is 2. The molecule has 4 nitrogen and oxygen atoms in total. The van der Waals surface area contributed by atoms with Crippen LogP contribution in [0.1, 0.15) is 12.0 Å². The highest BCUT2D eigenvalue weighted by Gasteiger charge is 2.32. The quantitative estimate of drug-likeness (QED) is 0.821. The zero-order chi connectivity index (χ0) is 13.0. The van der Waals surface area contributed by atoms with Crippen LogP contribution in [-0.4, -0.2) is 35.6 Å². The smallest absolute Gasteiger partial charge is 0.308 e. The number of rotatable bonds is 5. The maximum atomic E-state index is 11.1. The van der Waals surface area contributed by atoms with Crippen LogP contribution in [0.25, 0.3) is 0 Å². The third-order valence-electron chi connectivity index (χ3n) is 3.70. The molecule has 1 aliphatic rings. The number of carbonyl (C=O) groups is 1. The van der Waals surface area contributed by atoms with Crippen molar-refractivity contribution in [2.45, 2.75) is 13.0 Å². The molecule has 0 aliphatic carbocycles. The van der Waals surface area contributed by atoms with Crippen LogP contribution in [0.4, 0.5) is 0 Å². The van der Waals surface area contributed by atoms with Gasteiger partial charge >= 0.3 is 5.97 Å². The largest absolute Gasteiger partial charge is 0.481 e. The minimum absolute atomic E-state index is 0.191. The SMILES string of the molecule is NCC(C(=O)O)C1CCN(Cc2ccccc2)C1. The van der Waals surface area contributed by atoms with E-state index in [4.69, 9.17) is 10.8 Å². The van der Waals surface area contributed by atoms with Gasteiger partial charge in [0, 0.05) is 19.6 Å². The van der Waals surface area contributed by atoms with Gasteiger partial charge in [-0.2, -0.15) is 0 Å². The molecule has 1 saturated heterocycles. The highest BCUT2D eigenvalue weighted by molar-refractivity contribution is 5.70. The first kappa shape index (κ1) is 13.1. The summed E-state index contributed by atoms with van der Waals surface area (Å²) in [4.78, 5) is 13.4. The first-order valence-corrected chi connectivity index (χ1v) is 6.40.